The van der Waals surface area contributed by atoms with Gasteiger partial charge in [-0.3, -0.25) is 6.08 Å². The van der Waals surface area contributed by atoms with Crippen LogP contribution in [0.2, 0.25) is 0 Å². The van der Waals surface area contributed by atoms with Crippen LogP contribution in [0.3, 0.4) is 0 Å². The summed E-state index contributed by atoms with van der Waals surface area (Å²) in [6, 6.07) is 35.8. The van der Waals surface area contributed by atoms with Crippen LogP contribution in [0.5, 0.6) is 0 Å². The molecule has 0 saturated carbocycles. The van der Waals surface area contributed by atoms with E-state index in [4.69, 9.17) is 0 Å². The van der Waals surface area contributed by atoms with Gasteiger partial charge in [-0.15, -0.1) is 11.6 Å². The molecule has 0 heterocycles. The van der Waals surface area contributed by atoms with E-state index in [2.05, 4.69) is 185 Å². The number of hydrogen-bond acceptors (Lipinski definition) is 0. The monoisotopic (exact) mass is 800 g/mol. The van der Waals surface area contributed by atoms with Crippen molar-refractivity contribution in [3.05, 3.63) is 170 Å². The molecule has 0 unspecified atom stereocenters. The Balaban J connectivity index is 0.000000193. The average Bonchev–Trinajstić information content (AvgIpc) is 3.81. The molecule has 5 aromatic rings. The molecular weight excluding hydrogens is 751 g/mol. The third kappa shape index (κ3) is 8.54. The Morgan fingerprint density at radius 1 is 0.673 bits per heavy atom. The summed E-state index contributed by atoms with van der Waals surface area (Å²) >= 11 is 1.46. The SMILES string of the molecule is CC(C)(C)c1cc[cH-]c1.CC1=[C-]C(C)(C)c2cc3c(cc21)-c1cc2c(cc1C3)C(C)(C)C=C2C.Cc1ccc([C](=[Zr+2])c2ccc(C)cc2)cc1.[Cl-].[Cl-]. The molecule has 0 spiro atoms. The number of aryl methyl sites for hydroxylation is 2. The maximum atomic E-state index is 3.65. The van der Waals surface area contributed by atoms with Crippen LogP contribution in [0.15, 0.2) is 103 Å². The molecule has 0 saturated heterocycles. The average molecular weight is 803 g/mol. The second-order valence-corrected chi connectivity index (χ2v) is 18.0. The van der Waals surface area contributed by atoms with Gasteiger partial charge in [0.1, 0.15) is 0 Å². The Kier molecular flexibility index (Phi) is 12.7. The Hall–Kier alpha value is -2.96. The Morgan fingerprint density at radius 2 is 1.17 bits per heavy atom. The third-order valence-corrected chi connectivity index (χ3v) is 12.1. The fraction of sp³-hybridized carbons (Fsp3) is 0.306. The van der Waals surface area contributed by atoms with Crippen LogP contribution in [-0.4, -0.2) is 3.21 Å². The molecule has 0 nitrogen and oxygen atoms in total. The van der Waals surface area contributed by atoms with E-state index < -0.39 is 0 Å². The summed E-state index contributed by atoms with van der Waals surface area (Å²) < 4.78 is 1.42. The second-order valence-electron chi connectivity index (χ2n) is 16.7. The standard InChI is InChI=1S/C25H25.C15H14.C9H13.2ClH.Zr/c1-14-12-24(3,4)22-8-16-7-17-9-23-19(15(2)13-25(23,5)6)11-21(17)20(16)10-18(14)22;1-12-3-7-14(8-4-12)11-15-9-5-13(2)6-10-15;1-9(2,3)8-6-4-5-7-8;;;/h8-12H,7H2,1-6H3;3-10H,1-2H3;4-7H,1-3H3;2*1H;/q-1;;-1;;;+2/p-2. The van der Waals surface area contributed by atoms with Gasteiger partial charge in [0.05, 0.1) is 0 Å². The van der Waals surface area contributed by atoms with Crippen LogP contribution in [0.1, 0.15) is 124 Å². The van der Waals surface area contributed by atoms with Gasteiger partial charge in [0.25, 0.3) is 0 Å². The van der Waals surface area contributed by atoms with E-state index in [0.717, 1.165) is 6.42 Å². The molecule has 3 aliphatic rings. The number of rotatable bonds is 2. The number of halogens is 2. The summed E-state index contributed by atoms with van der Waals surface area (Å²) in [7, 11) is 0. The predicted molar refractivity (Wildman–Crippen MR) is 213 cm³/mol. The minimum Gasteiger partial charge on any atom is -1.00 e. The Morgan fingerprint density at radius 3 is 1.63 bits per heavy atom. The zero-order valence-corrected chi connectivity index (χ0v) is 36.7. The molecule has 8 rings (SSSR count). The molecule has 0 amide bonds. The van der Waals surface area contributed by atoms with Crippen LogP contribution in [0, 0.1) is 19.9 Å². The minimum absolute atomic E-state index is 0. The summed E-state index contributed by atoms with van der Waals surface area (Å²) in [5.74, 6) is 0. The van der Waals surface area contributed by atoms with Crippen molar-refractivity contribution in [2.45, 2.75) is 98.8 Å². The van der Waals surface area contributed by atoms with Gasteiger partial charge in [0.15, 0.2) is 0 Å². The van der Waals surface area contributed by atoms with Gasteiger partial charge < -0.3 is 24.8 Å². The number of allylic oxidation sites excluding steroid dienone is 4. The summed E-state index contributed by atoms with van der Waals surface area (Å²) in [5, 5.41) is 0. The van der Waals surface area contributed by atoms with Crippen molar-refractivity contribution in [3.63, 3.8) is 0 Å². The fourth-order valence-electron chi connectivity index (χ4n) is 7.76. The topological polar surface area (TPSA) is 0 Å². The third-order valence-electron chi connectivity index (χ3n) is 10.6. The van der Waals surface area contributed by atoms with Gasteiger partial charge >= 0.3 is 112 Å². The van der Waals surface area contributed by atoms with Crippen molar-refractivity contribution in [2.24, 2.45) is 0 Å². The molecule has 0 fully saturated rings. The molecule has 5 aromatic carbocycles. The Labute approximate surface area is 341 Å². The first-order chi connectivity index (χ1) is 23.4. The quantitative estimate of drug-likeness (QED) is 0.174. The molecule has 0 atom stereocenters. The zero-order chi connectivity index (χ0) is 36.2. The minimum atomic E-state index is 0. The summed E-state index contributed by atoms with van der Waals surface area (Å²) in [5.41, 5.74) is 21.6. The predicted octanol–water partition coefficient (Wildman–Crippen LogP) is 6.58. The van der Waals surface area contributed by atoms with Gasteiger partial charge in [-0.2, -0.15) is 29.3 Å². The van der Waals surface area contributed by atoms with Crippen LogP contribution in [-0.2, 0) is 46.9 Å². The summed E-state index contributed by atoms with van der Waals surface area (Å²) in [4.78, 5) is 0. The van der Waals surface area contributed by atoms with E-state index in [9.17, 15) is 0 Å². The zero-order valence-electron chi connectivity index (χ0n) is 32.8. The van der Waals surface area contributed by atoms with E-state index in [1.165, 1.54) is 111 Å². The molecule has 0 aromatic heterocycles. The van der Waals surface area contributed by atoms with Gasteiger partial charge in [-0.1, -0.05) is 84.4 Å². The number of benzene rings is 4. The van der Waals surface area contributed by atoms with Crippen molar-refractivity contribution in [2.75, 3.05) is 0 Å². The smallest absolute Gasteiger partial charge is 1.00 e. The fourth-order valence-corrected chi connectivity index (χ4v) is 8.58. The van der Waals surface area contributed by atoms with Gasteiger partial charge in [-0.25, -0.2) is 11.6 Å². The van der Waals surface area contributed by atoms with Crippen molar-refractivity contribution < 1.29 is 49.0 Å². The van der Waals surface area contributed by atoms with E-state index in [1.54, 1.807) is 0 Å². The van der Waals surface area contributed by atoms with Crippen LogP contribution >= 0.6 is 0 Å². The molecule has 3 heteroatoms. The Bertz CT molecular complexity index is 2000. The second kappa shape index (κ2) is 15.8. The first-order valence-electron chi connectivity index (χ1n) is 18.1. The van der Waals surface area contributed by atoms with E-state index >= 15 is 0 Å². The number of hydrogen-bond donors (Lipinski definition) is 0. The molecular formula is C49H52Cl2Zr-2. The molecule has 52 heavy (non-hydrogen) atoms. The first-order valence-corrected chi connectivity index (χ1v) is 19.3. The van der Waals surface area contributed by atoms with Gasteiger partial charge in [0.2, 0.25) is 0 Å². The van der Waals surface area contributed by atoms with E-state index in [1.807, 2.05) is 0 Å². The van der Waals surface area contributed by atoms with Crippen LogP contribution in [0.25, 0.3) is 22.3 Å². The van der Waals surface area contributed by atoms with E-state index in [-0.39, 0.29) is 35.6 Å². The molecule has 0 bridgehead atoms. The molecule has 0 aliphatic heterocycles. The first kappa shape index (κ1) is 41.8. The maximum Gasteiger partial charge on any atom is -1.00 e. The largest absolute Gasteiger partial charge is 1.00 e. The molecule has 268 valence electrons. The van der Waals surface area contributed by atoms with Crippen molar-refractivity contribution in [1.82, 2.24) is 0 Å². The van der Waals surface area contributed by atoms with Crippen molar-refractivity contribution >= 4 is 14.4 Å². The maximum absolute atomic E-state index is 3.65. The number of fused-ring (bicyclic) bond motifs is 5. The molecule has 0 N–H and O–H groups in total. The van der Waals surface area contributed by atoms with Crippen LogP contribution < -0.4 is 24.8 Å². The molecule has 0 radical (unpaired) electrons. The van der Waals surface area contributed by atoms with Gasteiger partial charge in [0, 0.05) is 5.41 Å². The van der Waals surface area contributed by atoms with Crippen molar-refractivity contribution in [3.8, 4) is 11.1 Å². The molecule has 3 aliphatic carbocycles. The van der Waals surface area contributed by atoms with Crippen LogP contribution in [0.4, 0.5) is 0 Å². The van der Waals surface area contributed by atoms with E-state index in [0.29, 0.717) is 5.41 Å². The van der Waals surface area contributed by atoms with Gasteiger partial charge in [-0.05, 0) is 58.4 Å². The normalized spacial score (nSPS) is 15.1. The van der Waals surface area contributed by atoms with Crippen molar-refractivity contribution in [1.29, 1.82) is 0 Å². The summed E-state index contributed by atoms with van der Waals surface area (Å²) in [6.07, 6.45) is 7.13. The summed E-state index contributed by atoms with van der Waals surface area (Å²) in [6.45, 7) is 24.6.